The number of aromatic amines is 1. The lowest BCUT2D eigenvalue weighted by atomic mass is 10.2. The minimum Gasteiger partial charge on any atom is -0.288 e. The van der Waals surface area contributed by atoms with Crippen LogP contribution in [0.2, 0.25) is 0 Å². The highest BCUT2D eigenvalue weighted by molar-refractivity contribution is 9.13. The summed E-state index contributed by atoms with van der Waals surface area (Å²) in [6, 6.07) is 6.19. The van der Waals surface area contributed by atoms with Crippen LogP contribution in [0.15, 0.2) is 39.7 Å². The molecule has 7 nitrogen and oxygen atoms in total. The summed E-state index contributed by atoms with van der Waals surface area (Å²) in [4.78, 5) is 16.1. The summed E-state index contributed by atoms with van der Waals surface area (Å²) in [5.41, 5.74) is 0.921. The normalized spacial score (nSPS) is 10.7. The third-order valence-corrected chi connectivity index (χ3v) is 4.75. The summed E-state index contributed by atoms with van der Waals surface area (Å²) in [5.74, 6) is -0.634. The molecule has 0 saturated heterocycles. The van der Waals surface area contributed by atoms with Crippen LogP contribution in [0.3, 0.4) is 0 Å². The van der Waals surface area contributed by atoms with E-state index in [9.17, 15) is 9.18 Å². The summed E-state index contributed by atoms with van der Waals surface area (Å²) in [7, 11) is 0. The molecule has 0 bridgehead atoms. The molecule has 2 aromatic heterocycles. The molecule has 118 valence electrons. The number of benzene rings is 1. The first-order chi connectivity index (χ1) is 11.0. The average Bonchev–Trinajstić information content (AvgIpc) is 3.07. The van der Waals surface area contributed by atoms with Crippen molar-refractivity contribution in [3.8, 4) is 0 Å². The predicted molar refractivity (Wildman–Crippen MR) is 87.5 cm³/mol. The predicted octanol–water partition coefficient (Wildman–Crippen LogP) is 2.97. The van der Waals surface area contributed by atoms with Crippen LogP contribution in [0.4, 0.5) is 10.3 Å². The van der Waals surface area contributed by atoms with Crippen LogP contribution < -0.4 is 5.32 Å². The molecule has 0 aliphatic heterocycles. The van der Waals surface area contributed by atoms with E-state index in [2.05, 4.69) is 57.5 Å². The zero-order chi connectivity index (χ0) is 16.4. The minimum atomic E-state index is -0.456. The molecule has 0 saturated carbocycles. The first-order valence-electron chi connectivity index (χ1n) is 6.37. The maximum atomic E-state index is 13.2. The Balaban J connectivity index is 1.70. The van der Waals surface area contributed by atoms with Gasteiger partial charge in [0.05, 0.1) is 11.0 Å². The standard InChI is InChI=1S/C13H9Br2FN6O/c14-9-10(19-20-11(9)15)12(23)18-13-17-6-22(21-13)5-7-2-1-3-8(16)4-7/h1-4,6H,5H2,(H,19,20)(H,18,21,23). The Bertz CT molecular complexity index is 862. The summed E-state index contributed by atoms with van der Waals surface area (Å²) in [6.45, 7) is 0.346. The molecule has 3 rings (SSSR count). The number of carbonyl (C=O) groups is 1. The lowest BCUT2D eigenvalue weighted by Gasteiger charge is -2.01. The topological polar surface area (TPSA) is 88.5 Å². The number of nitrogens with zero attached hydrogens (tertiary/aromatic N) is 4. The largest absolute Gasteiger partial charge is 0.288 e. The van der Waals surface area contributed by atoms with Gasteiger partial charge in [-0.2, -0.15) is 5.10 Å². The maximum absolute atomic E-state index is 13.2. The molecule has 0 unspecified atom stereocenters. The van der Waals surface area contributed by atoms with Crippen molar-refractivity contribution < 1.29 is 9.18 Å². The van der Waals surface area contributed by atoms with E-state index in [-0.39, 0.29) is 17.5 Å². The fraction of sp³-hybridized carbons (Fsp3) is 0.0769. The number of nitrogens with one attached hydrogen (secondary N) is 2. The van der Waals surface area contributed by atoms with Gasteiger partial charge < -0.3 is 0 Å². The number of aromatic nitrogens is 5. The molecule has 0 spiro atoms. The lowest BCUT2D eigenvalue weighted by molar-refractivity contribution is 0.102. The van der Waals surface area contributed by atoms with Gasteiger partial charge in [-0.15, -0.1) is 5.10 Å². The SMILES string of the molecule is O=C(Nc1ncn(Cc2cccc(F)c2)n1)c1n[nH]c(Br)c1Br. The smallest absolute Gasteiger partial charge is 0.279 e. The van der Waals surface area contributed by atoms with Gasteiger partial charge in [0.15, 0.2) is 5.69 Å². The van der Waals surface area contributed by atoms with E-state index < -0.39 is 5.91 Å². The number of hydrogen-bond acceptors (Lipinski definition) is 4. The average molecular weight is 444 g/mol. The fourth-order valence-electron chi connectivity index (χ4n) is 1.87. The van der Waals surface area contributed by atoms with Gasteiger partial charge in [-0.05, 0) is 49.6 Å². The molecule has 1 aromatic carbocycles. The molecule has 1 amide bonds. The fourth-order valence-corrected chi connectivity index (χ4v) is 2.50. The van der Waals surface area contributed by atoms with Crippen LogP contribution in [0.5, 0.6) is 0 Å². The molecule has 0 radical (unpaired) electrons. The molecule has 0 aliphatic carbocycles. The van der Waals surface area contributed by atoms with Crippen LogP contribution >= 0.6 is 31.9 Å². The second-order valence-electron chi connectivity index (χ2n) is 4.55. The number of hydrogen-bond donors (Lipinski definition) is 2. The number of H-pyrrole nitrogens is 1. The third kappa shape index (κ3) is 3.64. The molecule has 3 aromatic rings. The van der Waals surface area contributed by atoms with Crippen LogP contribution in [0.25, 0.3) is 0 Å². The zero-order valence-corrected chi connectivity index (χ0v) is 14.6. The summed E-state index contributed by atoms with van der Waals surface area (Å²) < 4.78 is 15.7. The Hall–Kier alpha value is -2.07. The molecule has 2 heterocycles. The van der Waals surface area contributed by atoms with Crippen LogP contribution in [-0.4, -0.2) is 30.9 Å². The van der Waals surface area contributed by atoms with Crippen molar-refractivity contribution in [2.75, 3.05) is 5.32 Å². The van der Waals surface area contributed by atoms with E-state index in [1.807, 2.05) is 0 Å². The van der Waals surface area contributed by atoms with Crippen molar-refractivity contribution in [3.05, 3.63) is 56.7 Å². The molecule has 10 heteroatoms. The number of rotatable bonds is 4. The van der Waals surface area contributed by atoms with Crippen molar-refractivity contribution in [2.24, 2.45) is 0 Å². The van der Waals surface area contributed by atoms with Crippen LogP contribution in [0, 0.1) is 5.82 Å². The molecule has 23 heavy (non-hydrogen) atoms. The van der Waals surface area contributed by atoms with E-state index in [1.165, 1.54) is 23.1 Å². The minimum absolute atomic E-state index is 0.137. The van der Waals surface area contributed by atoms with Gasteiger partial charge >= 0.3 is 0 Å². The monoisotopic (exact) mass is 442 g/mol. The highest BCUT2D eigenvalue weighted by atomic mass is 79.9. The molecular weight excluding hydrogens is 435 g/mol. The van der Waals surface area contributed by atoms with Crippen molar-refractivity contribution in [2.45, 2.75) is 6.54 Å². The Morgan fingerprint density at radius 3 is 2.91 bits per heavy atom. The second-order valence-corrected chi connectivity index (χ2v) is 6.14. The maximum Gasteiger partial charge on any atom is 0.279 e. The van der Waals surface area contributed by atoms with Crippen molar-refractivity contribution in [1.82, 2.24) is 25.0 Å². The van der Waals surface area contributed by atoms with E-state index >= 15 is 0 Å². The van der Waals surface area contributed by atoms with E-state index in [4.69, 9.17) is 0 Å². The third-order valence-electron chi connectivity index (χ3n) is 2.88. The number of halogens is 3. The molecule has 0 fully saturated rings. The second kappa shape index (κ2) is 6.59. The Morgan fingerprint density at radius 1 is 1.39 bits per heavy atom. The summed E-state index contributed by atoms with van der Waals surface area (Å²) >= 11 is 6.44. The van der Waals surface area contributed by atoms with Gasteiger partial charge in [-0.3, -0.25) is 15.2 Å². The van der Waals surface area contributed by atoms with E-state index in [1.54, 1.807) is 12.1 Å². The van der Waals surface area contributed by atoms with Crippen LogP contribution in [0.1, 0.15) is 16.1 Å². The highest BCUT2D eigenvalue weighted by Crippen LogP contribution is 2.24. The van der Waals surface area contributed by atoms with Gasteiger partial charge in [0, 0.05) is 0 Å². The lowest BCUT2D eigenvalue weighted by Crippen LogP contribution is -2.14. The Morgan fingerprint density at radius 2 is 2.22 bits per heavy atom. The Kier molecular flexibility index (Phi) is 4.53. The van der Waals surface area contributed by atoms with Crippen molar-refractivity contribution in [3.63, 3.8) is 0 Å². The molecular formula is C13H9Br2FN6O. The van der Waals surface area contributed by atoms with Gasteiger partial charge in [0.25, 0.3) is 5.91 Å². The molecule has 0 atom stereocenters. The quantitative estimate of drug-likeness (QED) is 0.648. The number of anilines is 1. The Labute approximate surface area is 146 Å². The number of amides is 1. The van der Waals surface area contributed by atoms with Gasteiger partial charge in [0.2, 0.25) is 5.95 Å². The van der Waals surface area contributed by atoms with Crippen LogP contribution in [-0.2, 0) is 6.54 Å². The summed E-state index contributed by atoms with van der Waals surface area (Å²) in [6.07, 6.45) is 1.45. The first kappa shape index (κ1) is 15.8. The van der Waals surface area contributed by atoms with E-state index in [0.29, 0.717) is 15.6 Å². The molecule has 2 N–H and O–H groups in total. The van der Waals surface area contributed by atoms with Gasteiger partial charge in [-0.1, -0.05) is 12.1 Å². The first-order valence-corrected chi connectivity index (χ1v) is 7.96. The van der Waals surface area contributed by atoms with Gasteiger partial charge in [-0.25, -0.2) is 14.1 Å². The summed E-state index contributed by atoms with van der Waals surface area (Å²) in [5, 5.41) is 13.1. The van der Waals surface area contributed by atoms with Crippen molar-refractivity contribution >= 4 is 43.7 Å². The van der Waals surface area contributed by atoms with Crippen molar-refractivity contribution in [1.29, 1.82) is 0 Å². The van der Waals surface area contributed by atoms with Gasteiger partial charge in [0.1, 0.15) is 16.7 Å². The van der Waals surface area contributed by atoms with E-state index in [0.717, 1.165) is 5.56 Å². The highest BCUT2D eigenvalue weighted by Gasteiger charge is 2.18. The number of carbonyl (C=O) groups excluding carboxylic acids is 1. The zero-order valence-electron chi connectivity index (χ0n) is 11.4. The molecule has 0 aliphatic rings.